The van der Waals surface area contributed by atoms with Crippen molar-refractivity contribution in [2.75, 3.05) is 11.5 Å². The number of fused-ring (bicyclic) bond motifs is 3. The van der Waals surface area contributed by atoms with E-state index in [-0.39, 0.29) is 37.9 Å². The fourth-order valence-electron chi connectivity index (χ4n) is 5.35. The number of hydrogen-bond acceptors (Lipinski definition) is 7. The normalized spacial score (nSPS) is 35.6. The summed E-state index contributed by atoms with van der Waals surface area (Å²) in [4.78, 5) is 27.7. The second kappa shape index (κ2) is 7.02. The lowest BCUT2D eigenvalue weighted by molar-refractivity contribution is -0.275. The van der Waals surface area contributed by atoms with E-state index < -0.39 is 35.6 Å². The van der Waals surface area contributed by atoms with E-state index >= 15 is 0 Å². The SMILES string of the molecule is O=C1[C@H]2[C@H](C[C@H](CO)[C@@]3(O)O[C@H](c4ccc(CO)o4)C[C@@H]23)C(=O)N1c1ccccc1. The Hall–Kier alpha value is -2.52. The first-order valence-electron chi connectivity index (χ1n) is 10.1. The number of furan rings is 1. The standard InChI is InChI=1S/C22H23NO7/c24-10-12-8-15-19(21(27)23(20(15)26)13-4-2-1-3-5-13)16-9-18(30-22(12,16)28)17-7-6-14(11-25)29-17/h1-7,12,15-16,18-19,24-25,28H,8-11H2/t12-,15+,16+,18+,19+,22-/m1/s1. The van der Waals surface area contributed by atoms with Gasteiger partial charge in [0.2, 0.25) is 11.8 Å². The molecule has 2 aliphatic heterocycles. The number of anilines is 1. The number of amides is 2. The minimum absolute atomic E-state index is 0.162. The van der Waals surface area contributed by atoms with Crippen LogP contribution in [0.1, 0.15) is 30.5 Å². The van der Waals surface area contributed by atoms with Gasteiger partial charge < -0.3 is 24.5 Å². The Balaban J connectivity index is 1.51. The van der Waals surface area contributed by atoms with E-state index in [0.717, 1.165) is 0 Å². The van der Waals surface area contributed by atoms with Gasteiger partial charge in [0.1, 0.15) is 24.2 Å². The number of ether oxygens (including phenoxy) is 1. The molecule has 1 saturated carbocycles. The van der Waals surface area contributed by atoms with Crippen LogP contribution in [0.15, 0.2) is 46.9 Å². The Labute approximate surface area is 172 Å². The topological polar surface area (TPSA) is 120 Å². The highest BCUT2D eigenvalue weighted by Gasteiger charge is 2.67. The molecule has 2 aromatic rings. The summed E-state index contributed by atoms with van der Waals surface area (Å²) >= 11 is 0. The molecule has 3 heterocycles. The summed E-state index contributed by atoms with van der Waals surface area (Å²) < 4.78 is 11.5. The molecule has 6 atom stereocenters. The van der Waals surface area contributed by atoms with E-state index in [9.17, 15) is 24.9 Å². The number of aliphatic hydroxyl groups excluding tert-OH is 2. The molecule has 30 heavy (non-hydrogen) atoms. The number of aliphatic hydroxyl groups is 3. The molecule has 3 N–H and O–H groups in total. The number of hydrogen-bond donors (Lipinski definition) is 3. The van der Waals surface area contributed by atoms with Crippen LogP contribution < -0.4 is 4.90 Å². The Kier molecular flexibility index (Phi) is 4.55. The molecule has 1 aliphatic carbocycles. The van der Waals surface area contributed by atoms with Crippen molar-refractivity contribution < 1.29 is 34.1 Å². The molecule has 0 radical (unpaired) electrons. The highest BCUT2D eigenvalue weighted by molar-refractivity contribution is 6.22. The van der Waals surface area contributed by atoms with Crippen LogP contribution in [-0.2, 0) is 20.9 Å². The third-order valence-corrected chi connectivity index (χ3v) is 6.75. The number of rotatable bonds is 4. The number of nitrogens with zero attached hydrogens (tertiary/aromatic N) is 1. The maximum absolute atomic E-state index is 13.3. The van der Waals surface area contributed by atoms with Crippen molar-refractivity contribution >= 4 is 17.5 Å². The Morgan fingerprint density at radius 3 is 2.47 bits per heavy atom. The molecular formula is C22H23NO7. The van der Waals surface area contributed by atoms with Gasteiger partial charge >= 0.3 is 0 Å². The molecule has 1 aromatic heterocycles. The van der Waals surface area contributed by atoms with Gasteiger partial charge in [-0.2, -0.15) is 0 Å². The summed E-state index contributed by atoms with van der Waals surface area (Å²) in [6, 6.07) is 12.0. The number of carbonyl (C=O) groups is 2. The highest BCUT2D eigenvalue weighted by atomic mass is 16.6. The van der Waals surface area contributed by atoms with Crippen molar-refractivity contribution in [1.82, 2.24) is 0 Å². The smallest absolute Gasteiger partial charge is 0.238 e. The van der Waals surface area contributed by atoms with Crippen molar-refractivity contribution in [3.63, 3.8) is 0 Å². The summed E-state index contributed by atoms with van der Waals surface area (Å²) in [5, 5.41) is 30.6. The van der Waals surface area contributed by atoms with Crippen molar-refractivity contribution in [2.45, 2.75) is 31.3 Å². The number of carbonyl (C=O) groups excluding carboxylic acids is 2. The molecule has 5 rings (SSSR count). The van der Waals surface area contributed by atoms with E-state index in [1.54, 1.807) is 36.4 Å². The average Bonchev–Trinajstić information content (AvgIpc) is 3.43. The number of benzene rings is 1. The van der Waals surface area contributed by atoms with Gasteiger partial charge in [0.25, 0.3) is 0 Å². The average molecular weight is 413 g/mol. The molecule has 3 fully saturated rings. The Morgan fingerprint density at radius 2 is 1.80 bits per heavy atom. The fraction of sp³-hybridized carbons (Fsp3) is 0.455. The largest absolute Gasteiger partial charge is 0.461 e. The zero-order valence-corrected chi connectivity index (χ0v) is 16.2. The fourth-order valence-corrected chi connectivity index (χ4v) is 5.35. The predicted molar refractivity (Wildman–Crippen MR) is 103 cm³/mol. The number of para-hydroxylation sites is 1. The lowest BCUT2D eigenvalue weighted by Crippen LogP contribution is -2.54. The van der Waals surface area contributed by atoms with Gasteiger partial charge in [0.05, 0.1) is 24.1 Å². The molecule has 8 nitrogen and oxygen atoms in total. The lowest BCUT2D eigenvalue weighted by atomic mass is 9.64. The van der Waals surface area contributed by atoms with Gasteiger partial charge in [-0.1, -0.05) is 18.2 Å². The molecule has 158 valence electrons. The first-order chi connectivity index (χ1) is 14.5. The van der Waals surface area contributed by atoms with Crippen LogP contribution in [0.2, 0.25) is 0 Å². The summed E-state index contributed by atoms with van der Waals surface area (Å²) in [6.07, 6.45) is -0.204. The van der Waals surface area contributed by atoms with Crippen LogP contribution in [0.4, 0.5) is 5.69 Å². The number of imide groups is 1. The summed E-state index contributed by atoms with van der Waals surface area (Å²) in [7, 11) is 0. The molecule has 0 spiro atoms. The molecule has 2 saturated heterocycles. The van der Waals surface area contributed by atoms with Gasteiger partial charge in [-0.3, -0.25) is 14.5 Å². The van der Waals surface area contributed by atoms with Crippen molar-refractivity contribution in [1.29, 1.82) is 0 Å². The van der Waals surface area contributed by atoms with Crippen LogP contribution in [0.3, 0.4) is 0 Å². The Bertz CT molecular complexity index is 973. The predicted octanol–water partition coefficient (Wildman–Crippen LogP) is 1.36. The minimum atomic E-state index is -1.74. The molecule has 8 heteroatoms. The summed E-state index contributed by atoms with van der Waals surface area (Å²) in [6.45, 7) is -0.626. The second-order valence-electron chi connectivity index (χ2n) is 8.26. The van der Waals surface area contributed by atoms with Crippen LogP contribution in [0, 0.1) is 23.7 Å². The van der Waals surface area contributed by atoms with Crippen molar-refractivity contribution in [3.05, 3.63) is 54.0 Å². The summed E-state index contributed by atoms with van der Waals surface area (Å²) in [5.74, 6) is -4.30. The van der Waals surface area contributed by atoms with Gasteiger partial charge in [-0.15, -0.1) is 0 Å². The van der Waals surface area contributed by atoms with Gasteiger partial charge in [0.15, 0.2) is 5.79 Å². The van der Waals surface area contributed by atoms with E-state index in [0.29, 0.717) is 17.2 Å². The monoisotopic (exact) mass is 413 g/mol. The third-order valence-electron chi connectivity index (χ3n) is 6.75. The first kappa shape index (κ1) is 19.4. The lowest BCUT2D eigenvalue weighted by Gasteiger charge is -2.43. The third kappa shape index (κ3) is 2.68. The quantitative estimate of drug-likeness (QED) is 0.647. The second-order valence-corrected chi connectivity index (χ2v) is 8.26. The van der Waals surface area contributed by atoms with Gasteiger partial charge in [-0.25, -0.2) is 0 Å². The van der Waals surface area contributed by atoms with Crippen LogP contribution in [0.25, 0.3) is 0 Å². The molecule has 2 amide bonds. The maximum Gasteiger partial charge on any atom is 0.238 e. The van der Waals surface area contributed by atoms with Crippen molar-refractivity contribution in [3.8, 4) is 0 Å². The van der Waals surface area contributed by atoms with Gasteiger partial charge in [-0.05, 0) is 37.1 Å². The summed E-state index contributed by atoms with van der Waals surface area (Å²) in [5.41, 5.74) is 0.500. The van der Waals surface area contributed by atoms with E-state index in [1.165, 1.54) is 4.90 Å². The highest BCUT2D eigenvalue weighted by Crippen LogP contribution is 2.58. The Morgan fingerprint density at radius 1 is 1.03 bits per heavy atom. The molecule has 3 aliphatic rings. The van der Waals surface area contributed by atoms with Crippen LogP contribution in [0.5, 0.6) is 0 Å². The van der Waals surface area contributed by atoms with Crippen molar-refractivity contribution in [2.24, 2.45) is 23.7 Å². The minimum Gasteiger partial charge on any atom is -0.461 e. The zero-order valence-electron chi connectivity index (χ0n) is 16.2. The van der Waals surface area contributed by atoms with Gasteiger partial charge in [0, 0.05) is 11.8 Å². The van der Waals surface area contributed by atoms with E-state index in [2.05, 4.69) is 0 Å². The molecule has 1 aromatic carbocycles. The van der Waals surface area contributed by atoms with E-state index in [1.807, 2.05) is 6.07 Å². The van der Waals surface area contributed by atoms with Crippen LogP contribution in [-0.4, -0.2) is 39.5 Å². The molecule has 0 unspecified atom stereocenters. The molecule has 0 bridgehead atoms. The molecular weight excluding hydrogens is 390 g/mol. The van der Waals surface area contributed by atoms with Crippen LogP contribution >= 0.6 is 0 Å². The van der Waals surface area contributed by atoms with E-state index in [4.69, 9.17) is 9.15 Å². The maximum atomic E-state index is 13.3. The zero-order chi connectivity index (χ0) is 21.0. The first-order valence-corrected chi connectivity index (χ1v) is 10.1.